The molecule has 1 aromatic carbocycles. The molecule has 0 unspecified atom stereocenters. The predicted octanol–water partition coefficient (Wildman–Crippen LogP) is 3.20. The van der Waals surface area contributed by atoms with Gasteiger partial charge in [0.25, 0.3) is 5.56 Å². The third kappa shape index (κ3) is 4.49. The van der Waals surface area contributed by atoms with Gasteiger partial charge >= 0.3 is 0 Å². The second-order valence-corrected chi connectivity index (χ2v) is 10.8. The fourth-order valence-electron chi connectivity index (χ4n) is 5.76. The molecule has 0 amide bonds. The van der Waals surface area contributed by atoms with Crippen molar-refractivity contribution in [1.82, 2.24) is 29.2 Å². The van der Waals surface area contributed by atoms with Crippen molar-refractivity contribution in [3.8, 4) is 5.82 Å². The number of likely N-dealkylation sites (N-methyl/N-ethyl adjacent to an activating group) is 1. The Morgan fingerprint density at radius 2 is 1.97 bits per heavy atom. The zero-order valence-corrected chi connectivity index (χ0v) is 22.6. The molecule has 0 bridgehead atoms. The van der Waals surface area contributed by atoms with E-state index in [-0.39, 0.29) is 12.1 Å². The first-order chi connectivity index (χ1) is 18.7. The van der Waals surface area contributed by atoms with Crippen LogP contribution in [-0.2, 0) is 18.6 Å². The number of aryl methyl sites for hydroxylation is 1. The second-order valence-electron chi connectivity index (χ2n) is 10.8. The summed E-state index contributed by atoms with van der Waals surface area (Å²) < 4.78 is 3.24. The highest BCUT2D eigenvalue weighted by Crippen LogP contribution is 2.35. The number of nitrogens with zero attached hydrogens (tertiary/aromatic N) is 7. The van der Waals surface area contributed by atoms with Gasteiger partial charge in [-0.1, -0.05) is 12.1 Å². The molecule has 6 rings (SSSR count). The van der Waals surface area contributed by atoms with Crippen LogP contribution in [0.4, 0.5) is 17.3 Å². The van der Waals surface area contributed by atoms with Gasteiger partial charge in [0.05, 0.1) is 12.2 Å². The topological polar surface area (TPSA) is 104 Å². The van der Waals surface area contributed by atoms with Gasteiger partial charge in [-0.25, -0.2) is 19.3 Å². The Balaban J connectivity index is 1.35. The molecule has 39 heavy (non-hydrogen) atoms. The maximum atomic E-state index is 13.3. The number of rotatable bonds is 6. The number of piperazine rings is 1. The van der Waals surface area contributed by atoms with Crippen LogP contribution in [0.25, 0.3) is 16.9 Å². The summed E-state index contributed by atoms with van der Waals surface area (Å²) in [5.41, 5.74) is 2.90. The number of hydrogen-bond acceptors (Lipinski definition) is 8. The average molecular weight is 527 g/mol. The summed E-state index contributed by atoms with van der Waals surface area (Å²) in [4.78, 5) is 32.0. The minimum atomic E-state index is -1.01. The van der Waals surface area contributed by atoms with Crippen molar-refractivity contribution < 1.29 is 5.11 Å². The largest absolute Gasteiger partial charge is 0.384 e. The Labute approximate surface area is 227 Å². The van der Waals surface area contributed by atoms with Crippen molar-refractivity contribution in [2.75, 3.05) is 36.9 Å². The van der Waals surface area contributed by atoms with Gasteiger partial charge in [-0.3, -0.25) is 4.79 Å². The molecule has 3 aromatic heterocycles. The molecule has 4 heterocycles. The number of anilines is 3. The van der Waals surface area contributed by atoms with E-state index in [4.69, 9.17) is 9.97 Å². The van der Waals surface area contributed by atoms with Crippen LogP contribution < -0.4 is 15.8 Å². The van der Waals surface area contributed by atoms with Gasteiger partial charge in [0.15, 0.2) is 11.5 Å². The molecule has 1 aliphatic carbocycles. The lowest BCUT2D eigenvalue weighted by Crippen LogP contribution is -2.50. The zero-order chi connectivity index (χ0) is 27.3. The molecule has 0 saturated carbocycles. The highest BCUT2D eigenvalue weighted by molar-refractivity contribution is 5.77. The molecule has 10 nitrogen and oxygen atoms in total. The standard InChI is InChI=1S/C29H34N8O2/c1-5-14-36-27(38)23-17-30-28(31-21-7-9-22(10-8-21)35-16-15-34(4)18-19(35)2)33-26(23)37(36)24-11-6-20-12-13-29(3,39)25(20)32-24/h5-11,17,19,39H,1,12-16,18H2,2-4H3,(H,30,31,33)/t19-,29+/m1/s1. The molecule has 2 aliphatic rings. The molecule has 2 atom stereocenters. The number of aliphatic hydroxyl groups is 1. The minimum Gasteiger partial charge on any atom is -0.384 e. The lowest BCUT2D eigenvalue weighted by molar-refractivity contribution is 0.0553. The SMILES string of the molecule is C=CCn1c(=O)c2cnc(Nc3ccc(N4CCN(C)C[C@H]4C)cc3)nc2n1-c1ccc2c(n1)[C@@](C)(O)CC2. The van der Waals surface area contributed by atoms with Crippen molar-refractivity contribution in [1.29, 1.82) is 0 Å². The molecular formula is C29H34N8O2. The molecule has 0 radical (unpaired) electrons. The average Bonchev–Trinajstić information content (AvgIpc) is 3.37. The first kappa shape index (κ1) is 25.3. The molecule has 2 N–H and O–H groups in total. The van der Waals surface area contributed by atoms with Crippen LogP contribution in [0.5, 0.6) is 0 Å². The van der Waals surface area contributed by atoms with Crippen LogP contribution in [0.2, 0.25) is 0 Å². The summed E-state index contributed by atoms with van der Waals surface area (Å²) in [6.07, 6.45) is 4.60. The van der Waals surface area contributed by atoms with Gasteiger partial charge in [0, 0.05) is 43.2 Å². The van der Waals surface area contributed by atoms with Gasteiger partial charge < -0.3 is 20.2 Å². The monoisotopic (exact) mass is 526 g/mol. The van der Waals surface area contributed by atoms with E-state index in [0.29, 0.717) is 41.0 Å². The summed E-state index contributed by atoms with van der Waals surface area (Å²) >= 11 is 0. The van der Waals surface area contributed by atoms with Crippen molar-refractivity contribution in [3.05, 3.63) is 76.9 Å². The Bertz CT molecular complexity index is 1600. The fraction of sp³-hybridized carbons (Fsp3) is 0.379. The Morgan fingerprint density at radius 3 is 2.72 bits per heavy atom. The number of fused-ring (bicyclic) bond motifs is 2. The molecule has 1 fully saturated rings. The normalized spacial score (nSPS) is 21.3. The number of hydrogen-bond donors (Lipinski definition) is 2. The minimum absolute atomic E-state index is 0.226. The van der Waals surface area contributed by atoms with Crippen LogP contribution in [-0.4, -0.2) is 67.0 Å². The highest BCUT2D eigenvalue weighted by atomic mass is 16.3. The first-order valence-electron chi connectivity index (χ1n) is 13.4. The molecular weight excluding hydrogens is 492 g/mol. The van der Waals surface area contributed by atoms with Gasteiger partial charge in [-0.15, -0.1) is 6.58 Å². The summed E-state index contributed by atoms with van der Waals surface area (Å²) in [6, 6.07) is 12.5. The van der Waals surface area contributed by atoms with Gasteiger partial charge in [0.2, 0.25) is 5.95 Å². The quantitative estimate of drug-likeness (QED) is 0.369. The number of allylic oxidation sites excluding steroid dienone is 1. The maximum Gasteiger partial charge on any atom is 0.278 e. The molecule has 1 saturated heterocycles. The molecule has 4 aromatic rings. The van der Waals surface area contributed by atoms with Crippen molar-refractivity contribution >= 4 is 28.4 Å². The van der Waals surface area contributed by atoms with Crippen LogP contribution >= 0.6 is 0 Å². The first-order valence-corrected chi connectivity index (χ1v) is 13.4. The fourth-order valence-corrected chi connectivity index (χ4v) is 5.76. The Morgan fingerprint density at radius 1 is 1.18 bits per heavy atom. The van der Waals surface area contributed by atoms with Crippen molar-refractivity contribution in [2.45, 2.75) is 44.9 Å². The van der Waals surface area contributed by atoms with Gasteiger partial charge in [0.1, 0.15) is 11.0 Å². The Hall–Kier alpha value is -4.02. The number of nitrogens with one attached hydrogen (secondary N) is 1. The van der Waals surface area contributed by atoms with E-state index in [1.54, 1.807) is 28.6 Å². The number of aromatic nitrogens is 5. The molecule has 202 valence electrons. The third-order valence-corrected chi connectivity index (χ3v) is 7.84. The van der Waals surface area contributed by atoms with Crippen LogP contribution in [0.1, 0.15) is 31.5 Å². The second kappa shape index (κ2) is 9.62. The van der Waals surface area contributed by atoms with Crippen LogP contribution in [0.3, 0.4) is 0 Å². The highest BCUT2D eigenvalue weighted by Gasteiger charge is 2.34. The van der Waals surface area contributed by atoms with Crippen LogP contribution in [0, 0.1) is 0 Å². The van der Waals surface area contributed by atoms with Gasteiger partial charge in [-0.2, -0.15) is 4.98 Å². The Kier molecular flexibility index (Phi) is 6.23. The maximum absolute atomic E-state index is 13.3. The summed E-state index contributed by atoms with van der Waals surface area (Å²) in [5.74, 6) is 0.890. The molecule has 0 spiro atoms. The summed E-state index contributed by atoms with van der Waals surface area (Å²) in [5, 5.41) is 14.5. The lowest BCUT2D eigenvalue weighted by atomic mass is 10.0. The molecule has 10 heteroatoms. The lowest BCUT2D eigenvalue weighted by Gasteiger charge is -2.39. The van der Waals surface area contributed by atoms with E-state index in [9.17, 15) is 9.90 Å². The smallest absolute Gasteiger partial charge is 0.278 e. The van der Waals surface area contributed by atoms with Crippen molar-refractivity contribution in [3.63, 3.8) is 0 Å². The van der Waals surface area contributed by atoms with E-state index < -0.39 is 5.60 Å². The third-order valence-electron chi connectivity index (χ3n) is 7.84. The molecule has 1 aliphatic heterocycles. The predicted molar refractivity (Wildman–Crippen MR) is 153 cm³/mol. The van der Waals surface area contributed by atoms with E-state index >= 15 is 0 Å². The van der Waals surface area contributed by atoms with E-state index in [1.165, 1.54) is 5.69 Å². The van der Waals surface area contributed by atoms with Crippen molar-refractivity contribution in [2.24, 2.45) is 0 Å². The van der Waals surface area contributed by atoms with Gasteiger partial charge in [-0.05, 0) is 69.6 Å². The number of pyridine rings is 1. The zero-order valence-electron chi connectivity index (χ0n) is 22.6. The number of benzene rings is 1. The van der Waals surface area contributed by atoms with E-state index in [0.717, 1.165) is 37.3 Å². The van der Waals surface area contributed by atoms with E-state index in [2.05, 4.69) is 52.8 Å². The summed E-state index contributed by atoms with van der Waals surface area (Å²) in [7, 11) is 2.16. The summed E-state index contributed by atoms with van der Waals surface area (Å²) in [6.45, 7) is 11.2. The van der Waals surface area contributed by atoms with E-state index in [1.807, 2.05) is 24.3 Å². The van der Waals surface area contributed by atoms with Crippen LogP contribution in [0.15, 0.2) is 60.0 Å².